The quantitative estimate of drug-likeness (QED) is 0.858. The van der Waals surface area contributed by atoms with Gasteiger partial charge in [0.05, 0.1) is 6.61 Å². The highest BCUT2D eigenvalue weighted by molar-refractivity contribution is 9.10. The monoisotopic (exact) mass is 283 g/mol. The third-order valence-electron chi connectivity index (χ3n) is 3.14. The number of benzene rings is 1. The molecule has 1 aliphatic rings. The highest BCUT2D eigenvalue weighted by atomic mass is 79.9. The van der Waals surface area contributed by atoms with Crippen LogP contribution in [0.1, 0.15) is 17.5 Å². The van der Waals surface area contributed by atoms with E-state index in [-0.39, 0.29) is 0 Å². The first-order chi connectivity index (χ1) is 7.79. The van der Waals surface area contributed by atoms with Crippen molar-refractivity contribution in [1.29, 1.82) is 0 Å². The summed E-state index contributed by atoms with van der Waals surface area (Å²) in [6.07, 6.45) is 3.55. The highest BCUT2D eigenvalue weighted by Crippen LogP contribution is 2.24. The molecule has 0 radical (unpaired) electrons. The summed E-state index contributed by atoms with van der Waals surface area (Å²) in [7, 11) is 1.75. The van der Waals surface area contributed by atoms with Crippen LogP contribution in [-0.2, 0) is 17.6 Å². The van der Waals surface area contributed by atoms with Crippen LogP contribution in [0.15, 0.2) is 22.7 Å². The van der Waals surface area contributed by atoms with Crippen LogP contribution < -0.4 is 5.32 Å². The first kappa shape index (κ1) is 12.1. The molecule has 0 heterocycles. The summed E-state index contributed by atoms with van der Waals surface area (Å²) in [5, 5.41) is 3.54. The van der Waals surface area contributed by atoms with E-state index in [1.165, 1.54) is 28.4 Å². The topological polar surface area (TPSA) is 21.3 Å². The van der Waals surface area contributed by atoms with Crippen LogP contribution in [0.25, 0.3) is 0 Å². The maximum atomic E-state index is 5.05. The van der Waals surface area contributed by atoms with Crippen LogP contribution in [0.5, 0.6) is 0 Å². The van der Waals surface area contributed by atoms with Gasteiger partial charge in [0.25, 0.3) is 0 Å². The molecule has 1 aromatic rings. The second-order valence-corrected chi connectivity index (χ2v) is 5.22. The lowest BCUT2D eigenvalue weighted by molar-refractivity contribution is 0.194. The van der Waals surface area contributed by atoms with Gasteiger partial charge >= 0.3 is 0 Å². The lowest BCUT2D eigenvalue weighted by Crippen LogP contribution is -2.36. The number of aryl methyl sites for hydroxylation is 1. The molecule has 0 saturated carbocycles. The van der Waals surface area contributed by atoms with E-state index in [0.29, 0.717) is 6.04 Å². The van der Waals surface area contributed by atoms with Crippen LogP contribution >= 0.6 is 15.9 Å². The molecule has 1 aromatic carbocycles. The Morgan fingerprint density at radius 2 is 2.31 bits per heavy atom. The van der Waals surface area contributed by atoms with Crippen LogP contribution in [0.4, 0.5) is 0 Å². The molecule has 0 bridgehead atoms. The Balaban J connectivity index is 1.93. The number of rotatable bonds is 4. The standard InChI is InChI=1S/C13H18BrNO/c1-16-7-6-15-13-5-3-10-8-12(14)4-2-11(10)9-13/h2,4,8,13,15H,3,5-7,9H2,1H3. The molecule has 0 amide bonds. The Morgan fingerprint density at radius 1 is 1.44 bits per heavy atom. The number of halogens is 1. The van der Waals surface area contributed by atoms with Crippen LogP contribution in [0.2, 0.25) is 0 Å². The Bertz CT molecular complexity index is 354. The van der Waals surface area contributed by atoms with E-state index in [4.69, 9.17) is 4.74 Å². The van der Waals surface area contributed by atoms with E-state index in [1.807, 2.05) is 0 Å². The van der Waals surface area contributed by atoms with Gasteiger partial charge in [-0.25, -0.2) is 0 Å². The number of hydrogen-bond acceptors (Lipinski definition) is 2. The zero-order valence-corrected chi connectivity index (χ0v) is 11.2. The Morgan fingerprint density at radius 3 is 3.12 bits per heavy atom. The minimum absolute atomic E-state index is 0.615. The molecular weight excluding hydrogens is 266 g/mol. The molecule has 1 N–H and O–H groups in total. The van der Waals surface area contributed by atoms with E-state index in [1.54, 1.807) is 7.11 Å². The fourth-order valence-corrected chi connectivity index (χ4v) is 2.67. The fourth-order valence-electron chi connectivity index (χ4n) is 2.26. The summed E-state index contributed by atoms with van der Waals surface area (Å²) in [6, 6.07) is 7.24. The predicted molar refractivity (Wildman–Crippen MR) is 69.8 cm³/mol. The van der Waals surface area contributed by atoms with Crippen LogP contribution in [0, 0.1) is 0 Å². The first-order valence-corrected chi connectivity index (χ1v) is 6.58. The second kappa shape index (κ2) is 5.80. The first-order valence-electron chi connectivity index (χ1n) is 5.79. The summed E-state index contributed by atoms with van der Waals surface area (Å²) < 4.78 is 6.24. The smallest absolute Gasteiger partial charge is 0.0587 e. The summed E-state index contributed by atoms with van der Waals surface area (Å²) >= 11 is 3.52. The molecule has 1 atom stereocenters. The molecule has 1 aliphatic carbocycles. The maximum Gasteiger partial charge on any atom is 0.0587 e. The minimum Gasteiger partial charge on any atom is -0.383 e. The largest absolute Gasteiger partial charge is 0.383 e. The van der Waals surface area contributed by atoms with Crippen molar-refractivity contribution in [1.82, 2.24) is 5.32 Å². The van der Waals surface area contributed by atoms with E-state index < -0.39 is 0 Å². The van der Waals surface area contributed by atoms with Gasteiger partial charge in [-0.2, -0.15) is 0 Å². The van der Waals surface area contributed by atoms with E-state index in [2.05, 4.69) is 39.4 Å². The van der Waals surface area contributed by atoms with Crippen LogP contribution in [0.3, 0.4) is 0 Å². The molecule has 0 fully saturated rings. The molecule has 0 saturated heterocycles. The highest BCUT2D eigenvalue weighted by Gasteiger charge is 2.17. The number of nitrogens with one attached hydrogen (secondary N) is 1. The third kappa shape index (κ3) is 3.06. The number of methoxy groups -OCH3 is 1. The second-order valence-electron chi connectivity index (χ2n) is 4.30. The number of fused-ring (bicyclic) bond motifs is 1. The molecule has 2 rings (SSSR count). The normalized spacial score (nSPS) is 19.5. The predicted octanol–water partition coefficient (Wildman–Crippen LogP) is 2.54. The average Bonchev–Trinajstić information content (AvgIpc) is 2.29. The van der Waals surface area contributed by atoms with Crippen molar-refractivity contribution in [2.24, 2.45) is 0 Å². The molecule has 0 aromatic heterocycles. The molecular formula is C13H18BrNO. The van der Waals surface area contributed by atoms with Crippen molar-refractivity contribution in [2.45, 2.75) is 25.3 Å². The van der Waals surface area contributed by atoms with Crippen molar-refractivity contribution < 1.29 is 4.74 Å². The SMILES string of the molecule is COCCNC1CCc2cc(Br)ccc2C1. The van der Waals surface area contributed by atoms with E-state index >= 15 is 0 Å². The molecule has 1 unspecified atom stereocenters. The minimum atomic E-state index is 0.615. The Kier molecular flexibility index (Phi) is 4.38. The molecule has 88 valence electrons. The Labute approximate surface area is 106 Å². The zero-order chi connectivity index (χ0) is 11.4. The van der Waals surface area contributed by atoms with Gasteiger partial charge in [-0.1, -0.05) is 22.0 Å². The van der Waals surface area contributed by atoms with Crippen molar-refractivity contribution in [2.75, 3.05) is 20.3 Å². The average molecular weight is 284 g/mol. The van der Waals surface area contributed by atoms with Gasteiger partial charge in [0.1, 0.15) is 0 Å². The van der Waals surface area contributed by atoms with Crippen molar-refractivity contribution in [3.8, 4) is 0 Å². The van der Waals surface area contributed by atoms with Gasteiger partial charge in [-0.3, -0.25) is 0 Å². The molecule has 16 heavy (non-hydrogen) atoms. The summed E-state index contributed by atoms with van der Waals surface area (Å²) in [5.74, 6) is 0. The van der Waals surface area contributed by atoms with Gasteiger partial charge in [-0.15, -0.1) is 0 Å². The summed E-state index contributed by atoms with van der Waals surface area (Å²) in [6.45, 7) is 1.75. The van der Waals surface area contributed by atoms with Crippen molar-refractivity contribution >= 4 is 15.9 Å². The summed E-state index contributed by atoms with van der Waals surface area (Å²) in [4.78, 5) is 0. The van der Waals surface area contributed by atoms with Crippen molar-refractivity contribution in [3.05, 3.63) is 33.8 Å². The molecule has 3 heteroatoms. The number of hydrogen-bond donors (Lipinski definition) is 1. The van der Waals surface area contributed by atoms with Crippen molar-refractivity contribution in [3.63, 3.8) is 0 Å². The fraction of sp³-hybridized carbons (Fsp3) is 0.538. The van der Waals surface area contributed by atoms with Gasteiger partial charge < -0.3 is 10.1 Å². The zero-order valence-electron chi connectivity index (χ0n) is 9.63. The molecule has 0 aliphatic heterocycles. The van der Waals surface area contributed by atoms with Gasteiger partial charge in [0.15, 0.2) is 0 Å². The van der Waals surface area contributed by atoms with Gasteiger partial charge in [0, 0.05) is 24.2 Å². The van der Waals surface area contributed by atoms with E-state index in [9.17, 15) is 0 Å². The lowest BCUT2D eigenvalue weighted by atomic mass is 9.88. The maximum absolute atomic E-state index is 5.05. The summed E-state index contributed by atoms with van der Waals surface area (Å²) in [5.41, 5.74) is 2.99. The van der Waals surface area contributed by atoms with Gasteiger partial charge in [0.2, 0.25) is 0 Å². The number of ether oxygens (including phenoxy) is 1. The van der Waals surface area contributed by atoms with Gasteiger partial charge in [-0.05, 0) is 42.5 Å². The van der Waals surface area contributed by atoms with E-state index in [0.717, 1.165) is 19.6 Å². The Hall–Kier alpha value is -0.380. The lowest BCUT2D eigenvalue weighted by Gasteiger charge is -2.25. The van der Waals surface area contributed by atoms with Crippen LogP contribution in [-0.4, -0.2) is 26.3 Å². The third-order valence-corrected chi connectivity index (χ3v) is 3.63. The molecule has 0 spiro atoms. The molecule has 2 nitrogen and oxygen atoms in total.